The molecule has 100 valence electrons. The number of aromatic nitrogens is 1. The van der Waals surface area contributed by atoms with Gasteiger partial charge in [-0.2, -0.15) is 0 Å². The number of anilines is 1. The fraction of sp³-hybridized carbons (Fsp3) is 0.286. The van der Waals surface area contributed by atoms with Crippen molar-refractivity contribution >= 4 is 22.9 Å². The molecule has 0 bridgehead atoms. The molecule has 0 aliphatic heterocycles. The third-order valence-corrected chi connectivity index (χ3v) is 3.46. The Kier molecular flexibility index (Phi) is 5.06. The second-order valence-electron chi connectivity index (χ2n) is 4.15. The number of nitrogens with one attached hydrogen (secondary N) is 1. The SMILES string of the molecule is O=C(CCCCO)Nc1cccc(-c2nccs2)c1. The molecular weight excluding hydrogens is 260 g/mol. The molecule has 0 unspecified atom stereocenters. The maximum Gasteiger partial charge on any atom is 0.224 e. The predicted octanol–water partition coefficient (Wildman–Crippen LogP) is 2.91. The summed E-state index contributed by atoms with van der Waals surface area (Å²) >= 11 is 1.57. The van der Waals surface area contributed by atoms with Crippen molar-refractivity contribution in [2.45, 2.75) is 19.3 Å². The largest absolute Gasteiger partial charge is 0.396 e. The molecule has 1 aromatic carbocycles. The third-order valence-electron chi connectivity index (χ3n) is 2.64. The molecule has 0 saturated carbocycles. The molecule has 4 nitrogen and oxygen atoms in total. The minimum Gasteiger partial charge on any atom is -0.396 e. The number of aliphatic hydroxyl groups excluding tert-OH is 1. The van der Waals surface area contributed by atoms with E-state index in [0.717, 1.165) is 16.3 Å². The molecule has 2 aromatic rings. The Morgan fingerprint density at radius 2 is 2.26 bits per heavy atom. The molecule has 0 aliphatic carbocycles. The molecule has 19 heavy (non-hydrogen) atoms. The molecule has 0 aliphatic rings. The van der Waals surface area contributed by atoms with Gasteiger partial charge in [0.2, 0.25) is 5.91 Å². The van der Waals surface area contributed by atoms with E-state index in [1.807, 2.05) is 29.6 Å². The fourth-order valence-corrected chi connectivity index (χ4v) is 2.35. The van der Waals surface area contributed by atoms with Crippen LogP contribution < -0.4 is 5.32 Å². The monoisotopic (exact) mass is 276 g/mol. The van der Waals surface area contributed by atoms with E-state index < -0.39 is 0 Å². The number of unbranched alkanes of at least 4 members (excludes halogenated alkanes) is 1. The fourth-order valence-electron chi connectivity index (χ4n) is 1.72. The van der Waals surface area contributed by atoms with Crippen molar-refractivity contribution < 1.29 is 9.90 Å². The second-order valence-corrected chi connectivity index (χ2v) is 5.04. The number of carbonyl (C=O) groups excluding carboxylic acids is 1. The highest BCUT2D eigenvalue weighted by atomic mass is 32.1. The molecular formula is C14H16N2O2S. The molecule has 0 radical (unpaired) electrons. The molecule has 5 heteroatoms. The van der Waals surface area contributed by atoms with Crippen LogP contribution in [0.25, 0.3) is 10.6 Å². The van der Waals surface area contributed by atoms with Crippen LogP contribution in [-0.4, -0.2) is 22.6 Å². The van der Waals surface area contributed by atoms with Crippen molar-refractivity contribution in [1.82, 2.24) is 4.98 Å². The van der Waals surface area contributed by atoms with Crippen molar-refractivity contribution in [1.29, 1.82) is 0 Å². The summed E-state index contributed by atoms with van der Waals surface area (Å²) in [6, 6.07) is 7.66. The zero-order valence-corrected chi connectivity index (χ0v) is 11.3. The molecule has 2 N–H and O–H groups in total. The molecule has 1 heterocycles. The highest BCUT2D eigenvalue weighted by molar-refractivity contribution is 7.13. The van der Waals surface area contributed by atoms with Gasteiger partial charge >= 0.3 is 0 Å². The van der Waals surface area contributed by atoms with Gasteiger partial charge in [-0.25, -0.2) is 4.98 Å². The number of nitrogens with zero attached hydrogens (tertiary/aromatic N) is 1. The smallest absolute Gasteiger partial charge is 0.224 e. The highest BCUT2D eigenvalue weighted by Gasteiger charge is 2.05. The minimum absolute atomic E-state index is 0.0234. The van der Waals surface area contributed by atoms with Crippen LogP contribution in [0.3, 0.4) is 0 Å². The predicted molar refractivity (Wildman–Crippen MR) is 77.1 cm³/mol. The van der Waals surface area contributed by atoms with Crippen molar-refractivity contribution in [2.24, 2.45) is 0 Å². The van der Waals surface area contributed by atoms with E-state index in [0.29, 0.717) is 19.3 Å². The Labute approximate surface area is 116 Å². The topological polar surface area (TPSA) is 62.2 Å². The molecule has 0 spiro atoms. The summed E-state index contributed by atoms with van der Waals surface area (Å²) in [5.41, 5.74) is 1.78. The molecule has 1 aromatic heterocycles. The quantitative estimate of drug-likeness (QED) is 0.797. The van der Waals surface area contributed by atoms with E-state index in [-0.39, 0.29) is 12.5 Å². The Balaban J connectivity index is 1.97. The first-order valence-corrected chi connectivity index (χ1v) is 7.08. The van der Waals surface area contributed by atoms with Gasteiger partial charge in [0.15, 0.2) is 0 Å². The number of hydrogen-bond acceptors (Lipinski definition) is 4. The van der Waals surface area contributed by atoms with Gasteiger partial charge in [-0.05, 0) is 25.0 Å². The number of aliphatic hydroxyl groups is 1. The number of rotatable bonds is 6. The van der Waals surface area contributed by atoms with Crippen molar-refractivity contribution in [3.63, 3.8) is 0 Å². The lowest BCUT2D eigenvalue weighted by Crippen LogP contribution is -2.11. The van der Waals surface area contributed by atoms with E-state index in [4.69, 9.17) is 5.11 Å². The van der Waals surface area contributed by atoms with Gasteiger partial charge in [0, 0.05) is 35.9 Å². The van der Waals surface area contributed by atoms with Crippen LogP contribution in [0, 0.1) is 0 Å². The normalized spacial score (nSPS) is 10.4. The van der Waals surface area contributed by atoms with E-state index in [9.17, 15) is 4.79 Å². The lowest BCUT2D eigenvalue weighted by molar-refractivity contribution is -0.116. The summed E-state index contributed by atoms with van der Waals surface area (Å²) in [6.45, 7) is 0.132. The summed E-state index contributed by atoms with van der Waals surface area (Å²) in [7, 11) is 0. The average molecular weight is 276 g/mol. The number of hydrogen-bond donors (Lipinski definition) is 2. The summed E-state index contributed by atoms with van der Waals surface area (Å²) in [5, 5.41) is 14.4. The first-order chi connectivity index (χ1) is 9.29. The molecule has 1 amide bonds. The average Bonchev–Trinajstić information content (AvgIpc) is 2.93. The van der Waals surface area contributed by atoms with Crippen molar-refractivity contribution in [3.05, 3.63) is 35.8 Å². The number of thiazole rings is 1. The molecule has 2 rings (SSSR count). The van der Waals surface area contributed by atoms with Crippen LogP contribution in [0.5, 0.6) is 0 Å². The molecule has 0 saturated heterocycles. The van der Waals surface area contributed by atoms with Crippen LogP contribution in [0.4, 0.5) is 5.69 Å². The van der Waals surface area contributed by atoms with Crippen LogP contribution in [-0.2, 0) is 4.79 Å². The van der Waals surface area contributed by atoms with Crippen molar-refractivity contribution in [3.8, 4) is 10.6 Å². The number of benzene rings is 1. The van der Waals surface area contributed by atoms with Gasteiger partial charge in [0.1, 0.15) is 5.01 Å². The van der Waals surface area contributed by atoms with E-state index in [1.54, 1.807) is 17.5 Å². The Hall–Kier alpha value is -1.72. The van der Waals surface area contributed by atoms with Gasteiger partial charge in [-0.3, -0.25) is 4.79 Å². The van der Waals surface area contributed by atoms with Gasteiger partial charge in [0.05, 0.1) is 0 Å². The van der Waals surface area contributed by atoms with Gasteiger partial charge in [0.25, 0.3) is 0 Å². The van der Waals surface area contributed by atoms with Crippen LogP contribution in [0.15, 0.2) is 35.8 Å². The van der Waals surface area contributed by atoms with Crippen molar-refractivity contribution in [2.75, 3.05) is 11.9 Å². The second kappa shape index (κ2) is 7.01. The lowest BCUT2D eigenvalue weighted by atomic mass is 10.2. The highest BCUT2D eigenvalue weighted by Crippen LogP contribution is 2.24. The first kappa shape index (κ1) is 13.7. The zero-order valence-electron chi connectivity index (χ0n) is 10.5. The maximum absolute atomic E-state index is 11.7. The van der Waals surface area contributed by atoms with E-state index in [1.165, 1.54) is 0 Å². The summed E-state index contributed by atoms with van der Waals surface area (Å²) in [5.74, 6) is -0.0234. The maximum atomic E-state index is 11.7. The Bertz CT molecular complexity index is 526. The van der Waals surface area contributed by atoms with Crippen LogP contribution in [0.2, 0.25) is 0 Å². The van der Waals surface area contributed by atoms with Gasteiger partial charge < -0.3 is 10.4 Å². The van der Waals surface area contributed by atoms with Crippen LogP contribution >= 0.6 is 11.3 Å². The summed E-state index contributed by atoms with van der Waals surface area (Å²) in [6.07, 6.45) is 3.56. The summed E-state index contributed by atoms with van der Waals surface area (Å²) in [4.78, 5) is 15.9. The summed E-state index contributed by atoms with van der Waals surface area (Å²) < 4.78 is 0. The third kappa shape index (κ3) is 4.15. The first-order valence-electron chi connectivity index (χ1n) is 6.20. The van der Waals surface area contributed by atoms with E-state index >= 15 is 0 Å². The van der Waals surface area contributed by atoms with E-state index in [2.05, 4.69) is 10.3 Å². The Morgan fingerprint density at radius 1 is 1.37 bits per heavy atom. The number of carbonyl (C=O) groups is 1. The zero-order chi connectivity index (χ0) is 13.5. The number of amides is 1. The van der Waals surface area contributed by atoms with Crippen LogP contribution in [0.1, 0.15) is 19.3 Å². The van der Waals surface area contributed by atoms with Gasteiger partial charge in [-0.1, -0.05) is 12.1 Å². The molecule has 0 fully saturated rings. The standard InChI is InChI=1S/C14H16N2O2S/c17-8-2-1-6-13(18)16-12-5-3-4-11(10-12)14-15-7-9-19-14/h3-5,7,9-10,17H,1-2,6,8H2,(H,16,18). The molecule has 0 atom stereocenters. The Morgan fingerprint density at radius 3 is 3.00 bits per heavy atom. The lowest BCUT2D eigenvalue weighted by Gasteiger charge is -2.06. The van der Waals surface area contributed by atoms with Gasteiger partial charge in [-0.15, -0.1) is 11.3 Å². The minimum atomic E-state index is -0.0234.